The normalized spacial score (nSPS) is 24.1. The van der Waals surface area contributed by atoms with Crippen LogP contribution in [0.5, 0.6) is 0 Å². The zero-order valence-electron chi connectivity index (χ0n) is 18.1. The Kier molecular flexibility index (Phi) is 5.81. The molecule has 3 aliphatic heterocycles. The highest BCUT2D eigenvalue weighted by Gasteiger charge is 2.49. The molecular formula is C21H28N6O4. The summed E-state index contributed by atoms with van der Waals surface area (Å²) in [7, 11) is 3.05. The molecule has 31 heavy (non-hydrogen) atoms. The van der Waals surface area contributed by atoms with E-state index in [4.69, 9.17) is 9.73 Å². The number of carbonyl (C=O) groups excluding carboxylic acids is 3. The van der Waals surface area contributed by atoms with Crippen molar-refractivity contribution < 1.29 is 19.1 Å². The van der Waals surface area contributed by atoms with Crippen LogP contribution in [0.25, 0.3) is 0 Å². The molecule has 4 rings (SSSR count). The molecule has 2 atom stereocenters. The van der Waals surface area contributed by atoms with Gasteiger partial charge in [-0.2, -0.15) is 0 Å². The number of carbonyl (C=O) groups is 3. The van der Waals surface area contributed by atoms with Crippen LogP contribution in [-0.4, -0.2) is 103 Å². The Hall–Kier alpha value is -3.14. The number of methoxy groups -OCH3 is 1. The molecule has 0 saturated carbocycles. The topological polar surface area (TPSA) is 97.8 Å². The highest BCUT2D eigenvalue weighted by Crippen LogP contribution is 2.27. The van der Waals surface area contributed by atoms with E-state index in [1.54, 1.807) is 7.05 Å². The Morgan fingerprint density at radius 1 is 1.16 bits per heavy atom. The zero-order chi connectivity index (χ0) is 22.1. The minimum Gasteiger partial charge on any atom is -0.468 e. The van der Waals surface area contributed by atoms with E-state index in [0.29, 0.717) is 38.7 Å². The predicted molar refractivity (Wildman–Crippen MR) is 113 cm³/mol. The van der Waals surface area contributed by atoms with Crippen LogP contribution in [0.15, 0.2) is 29.3 Å². The second kappa shape index (κ2) is 8.54. The monoisotopic (exact) mass is 428 g/mol. The van der Waals surface area contributed by atoms with Gasteiger partial charge in [0.05, 0.1) is 13.7 Å². The Labute approximate surface area is 181 Å². The molecule has 10 nitrogen and oxygen atoms in total. The molecule has 0 spiro atoms. The number of amides is 3. The van der Waals surface area contributed by atoms with Crippen LogP contribution in [-0.2, 0) is 20.9 Å². The molecule has 3 heterocycles. The Morgan fingerprint density at radius 3 is 2.48 bits per heavy atom. The number of ether oxygens (including phenoxy) is 1. The van der Waals surface area contributed by atoms with E-state index >= 15 is 0 Å². The van der Waals surface area contributed by atoms with Gasteiger partial charge in [0.1, 0.15) is 0 Å². The average Bonchev–Trinajstić information content (AvgIpc) is 3.14. The second-order valence-corrected chi connectivity index (χ2v) is 8.15. The van der Waals surface area contributed by atoms with E-state index in [0.717, 1.165) is 5.56 Å². The van der Waals surface area contributed by atoms with E-state index in [1.807, 2.05) is 41.0 Å². The van der Waals surface area contributed by atoms with E-state index in [1.165, 1.54) is 17.6 Å². The first kappa shape index (κ1) is 21.1. The van der Waals surface area contributed by atoms with Crippen LogP contribution >= 0.6 is 0 Å². The van der Waals surface area contributed by atoms with Crippen molar-refractivity contribution in [2.24, 2.45) is 4.99 Å². The molecule has 3 amide bonds. The fourth-order valence-corrected chi connectivity index (χ4v) is 4.19. The minimum atomic E-state index is -0.577. The lowest BCUT2D eigenvalue weighted by Gasteiger charge is -2.40. The maximum atomic E-state index is 12.8. The van der Waals surface area contributed by atoms with E-state index in [2.05, 4.69) is 10.2 Å². The summed E-state index contributed by atoms with van der Waals surface area (Å²) in [6, 6.07) is 7.17. The van der Waals surface area contributed by atoms with Crippen molar-refractivity contribution in [2.45, 2.75) is 25.7 Å². The van der Waals surface area contributed by atoms with Gasteiger partial charge < -0.3 is 19.4 Å². The van der Waals surface area contributed by atoms with Gasteiger partial charge in [-0.25, -0.2) is 9.79 Å². The second-order valence-electron chi connectivity index (χ2n) is 8.15. The predicted octanol–water partition coefficient (Wildman–Crippen LogP) is -0.166. The van der Waals surface area contributed by atoms with Gasteiger partial charge in [-0.3, -0.25) is 19.8 Å². The quantitative estimate of drug-likeness (QED) is 0.665. The Bertz CT molecular complexity index is 894. The average molecular weight is 428 g/mol. The van der Waals surface area contributed by atoms with Gasteiger partial charge in [-0.1, -0.05) is 29.8 Å². The summed E-state index contributed by atoms with van der Waals surface area (Å²) in [5.74, 6) is 0.128. The van der Waals surface area contributed by atoms with Gasteiger partial charge in [-0.15, -0.1) is 0 Å². The highest BCUT2D eigenvalue weighted by atomic mass is 16.5. The van der Waals surface area contributed by atoms with Crippen molar-refractivity contribution in [2.75, 3.05) is 46.9 Å². The number of urea groups is 1. The SMILES string of the molecule is COC(=O)CN1CCN(C2=NC3C(C(=O)NC(=O)N3C)N2Cc2ccc(C)cc2)CC1. The number of hydrogen-bond donors (Lipinski definition) is 1. The number of imide groups is 1. The molecule has 166 valence electrons. The van der Waals surface area contributed by atoms with Crippen molar-refractivity contribution in [3.8, 4) is 0 Å². The molecule has 1 aromatic rings. The number of fused-ring (bicyclic) bond motifs is 1. The van der Waals surface area contributed by atoms with Gasteiger partial charge in [0.25, 0.3) is 5.91 Å². The number of aryl methyl sites for hydroxylation is 1. The number of guanidine groups is 1. The Balaban J connectivity index is 1.56. The largest absolute Gasteiger partial charge is 0.468 e. The lowest BCUT2D eigenvalue weighted by atomic mass is 10.1. The highest BCUT2D eigenvalue weighted by molar-refractivity contribution is 6.03. The third-order valence-electron chi connectivity index (χ3n) is 6.05. The first-order valence-corrected chi connectivity index (χ1v) is 10.4. The van der Waals surface area contributed by atoms with Gasteiger partial charge in [0.2, 0.25) is 0 Å². The maximum Gasteiger partial charge on any atom is 0.325 e. The van der Waals surface area contributed by atoms with Crippen LogP contribution < -0.4 is 5.32 Å². The van der Waals surface area contributed by atoms with Gasteiger partial charge in [-0.05, 0) is 12.5 Å². The number of hydrogen-bond acceptors (Lipinski definition) is 8. The summed E-state index contributed by atoms with van der Waals surface area (Å²) in [5, 5.41) is 2.44. The van der Waals surface area contributed by atoms with Gasteiger partial charge in [0, 0.05) is 39.8 Å². The molecule has 2 unspecified atom stereocenters. The molecule has 1 aromatic carbocycles. The van der Waals surface area contributed by atoms with Gasteiger partial charge in [0.15, 0.2) is 18.2 Å². The number of nitrogens with one attached hydrogen (secondary N) is 1. The third kappa shape index (κ3) is 4.20. The molecule has 0 bridgehead atoms. The van der Waals surface area contributed by atoms with Crippen molar-refractivity contribution >= 4 is 23.9 Å². The van der Waals surface area contributed by atoms with Crippen LogP contribution in [0.4, 0.5) is 4.79 Å². The number of esters is 1. The summed E-state index contributed by atoms with van der Waals surface area (Å²) in [4.78, 5) is 49.0. The van der Waals surface area contributed by atoms with E-state index < -0.39 is 18.2 Å². The number of nitrogens with zero attached hydrogens (tertiary/aromatic N) is 5. The zero-order valence-corrected chi connectivity index (χ0v) is 18.1. The fourth-order valence-electron chi connectivity index (χ4n) is 4.19. The van der Waals surface area contributed by atoms with Crippen molar-refractivity contribution in [1.82, 2.24) is 24.9 Å². The minimum absolute atomic E-state index is 0.254. The van der Waals surface area contributed by atoms with Crippen LogP contribution in [0, 0.1) is 6.92 Å². The summed E-state index contributed by atoms with van der Waals surface area (Å²) < 4.78 is 4.76. The number of aliphatic imine (C=N–C) groups is 1. The van der Waals surface area contributed by atoms with Crippen LogP contribution in [0.1, 0.15) is 11.1 Å². The standard InChI is InChI=1S/C21H28N6O4/c1-14-4-6-15(7-5-14)12-27-17-18(24(2)21(30)23-19(17)29)22-20(27)26-10-8-25(9-11-26)13-16(28)31-3/h4-7,17-18H,8-13H2,1-3H3,(H,23,29,30). The molecule has 2 fully saturated rings. The van der Waals surface area contributed by atoms with Crippen molar-refractivity contribution in [3.63, 3.8) is 0 Å². The number of benzene rings is 1. The third-order valence-corrected chi connectivity index (χ3v) is 6.05. The first-order chi connectivity index (χ1) is 14.9. The molecule has 2 saturated heterocycles. The van der Waals surface area contributed by atoms with Crippen molar-refractivity contribution in [1.29, 1.82) is 0 Å². The molecule has 10 heteroatoms. The Morgan fingerprint density at radius 2 is 1.84 bits per heavy atom. The summed E-state index contributed by atoms with van der Waals surface area (Å²) in [5.41, 5.74) is 2.23. The van der Waals surface area contributed by atoms with Gasteiger partial charge >= 0.3 is 12.0 Å². The lowest BCUT2D eigenvalue weighted by molar-refractivity contribution is -0.142. The first-order valence-electron chi connectivity index (χ1n) is 10.4. The number of rotatable bonds is 4. The lowest BCUT2D eigenvalue weighted by Crippen LogP contribution is -2.64. The van der Waals surface area contributed by atoms with E-state index in [-0.39, 0.29) is 18.4 Å². The molecule has 0 aliphatic carbocycles. The molecule has 3 aliphatic rings. The molecule has 1 N–H and O–H groups in total. The smallest absolute Gasteiger partial charge is 0.325 e. The van der Waals surface area contributed by atoms with E-state index in [9.17, 15) is 14.4 Å². The summed E-state index contributed by atoms with van der Waals surface area (Å²) in [6.07, 6.45) is -0.560. The van der Waals surface area contributed by atoms with Crippen molar-refractivity contribution in [3.05, 3.63) is 35.4 Å². The molecule has 0 radical (unpaired) electrons. The molecular weight excluding hydrogens is 400 g/mol. The summed E-state index contributed by atoms with van der Waals surface area (Å²) >= 11 is 0. The van der Waals surface area contributed by atoms with Crippen LogP contribution in [0.3, 0.4) is 0 Å². The maximum absolute atomic E-state index is 12.8. The number of likely N-dealkylation sites (N-methyl/N-ethyl adjacent to an activating group) is 1. The summed E-state index contributed by atoms with van der Waals surface area (Å²) in [6.45, 7) is 5.50. The molecule has 0 aromatic heterocycles. The number of piperazine rings is 1. The fraction of sp³-hybridized carbons (Fsp3) is 0.524. The van der Waals surface area contributed by atoms with Crippen LogP contribution in [0.2, 0.25) is 0 Å².